The van der Waals surface area contributed by atoms with Crippen molar-refractivity contribution in [2.24, 2.45) is 0 Å². The Kier molecular flexibility index (Phi) is 2.80. The van der Waals surface area contributed by atoms with Gasteiger partial charge in [0.25, 0.3) is 0 Å². The van der Waals surface area contributed by atoms with Crippen molar-refractivity contribution in [1.29, 1.82) is 0 Å². The lowest BCUT2D eigenvalue weighted by Crippen LogP contribution is -1.62. The van der Waals surface area contributed by atoms with Gasteiger partial charge in [-0.1, -0.05) is 36.4 Å². The van der Waals surface area contributed by atoms with E-state index in [1.165, 1.54) is 10.8 Å². The van der Waals surface area contributed by atoms with E-state index in [4.69, 9.17) is 4.42 Å². The van der Waals surface area contributed by atoms with E-state index in [0.29, 0.717) is 0 Å². The first-order chi connectivity index (χ1) is 8.95. The SMILES string of the molecule is c1c[nH]cn1.c1ccc2c(c1)oc1ccccc12. The molecule has 1 N–H and O–H groups in total. The van der Waals surface area contributed by atoms with Gasteiger partial charge in [0.05, 0.1) is 6.33 Å². The number of para-hydroxylation sites is 2. The number of aromatic amines is 1. The molecule has 0 amide bonds. The highest BCUT2D eigenvalue weighted by molar-refractivity contribution is 6.04. The van der Waals surface area contributed by atoms with Crippen LogP contribution in [0.1, 0.15) is 0 Å². The van der Waals surface area contributed by atoms with Crippen LogP contribution in [0.4, 0.5) is 0 Å². The van der Waals surface area contributed by atoms with Gasteiger partial charge in [0, 0.05) is 23.2 Å². The predicted octanol–water partition coefficient (Wildman–Crippen LogP) is 4.00. The molecule has 4 aromatic rings. The number of benzene rings is 2. The van der Waals surface area contributed by atoms with E-state index in [1.54, 1.807) is 18.7 Å². The largest absolute Gasteiger partial charge is 0.456 e. The van der Waals surface area contributed by atoms with Gasteiger partial charge in [-0.25, -0.2) is 4.98 Å². The molecule has 3 nitrogen and oxygen atoms in total. The third-order valence-corrected chi connectivity index (χ3v) is 2.69. The molecule has 0 unspecified atom stereocenters. The van der Waals surface area contributed by atoms with Crippen LogP contribution in [-0.2, 0) is 0 Å². The molecule has 2 heterocycles. The molecule has 0 radical (unpaired) electrons. The van der Waals surface area contributed by atoms with Crippen LogP contribution >= 0.6 is 0 Å². The molecule has 18 heavy (non-hydrogen) atoms. The summed E-state index contributed by atoms with van der Waals surface area (Å²) in [6, 6.07) is 16.2. The highest BCUT2D eigenvalue weighted by atomic mass is 16.3. The zero-order chi connectivity index (χ0) is 12.2. The maximum Gasteiger partial charge on any atom is 0.135 e. The Morgan fingerprint density at radius 1 is 0.833 bits per heavy atom. The Bertz CT molecular complexity index is 674. The molecular weight excluding hydrogens is 224 g/mol. The van der Waals surface area contributed by atoms with Crippen molar-refractivity contribution in [3.8, 4) is 0 Å². The highest BCUT2D eigenvalue weighted by Crippen LogP contribution is 2.27. The van der Waals surface area contributed by atoms with E-state index in [0.717, 1.165) is 11.2 Å². The standard InChI is InChI=1S/C12H8O.C3H4N2/c1-3-7-11-9(5-1)10-6-2-4-8-12(10)13-11;1-2-5-3-4-1/h1-8H;1-3H,(H,4,5). The first kappa shape index (κ1) is 10.6. The van der Waals surface area contributed by atoms with E-state index in [1.807, 2.05) is 36.4 Å². The number of hydrogen-bond donors (Lipinski definition) is 1. The maximum absolute atomic E-state index is 5.65. The molecular formula is C15H12N2O. The number of imidazole rings is 1. The fraction of sp³-hybridized carbons (Fsp3) is 0. The van der Waals surface area contributed by atoms with Crippen molar-refractivity contribution < 1.29 is 4.42 Å². The van der Waals surface area contributed by atoms with E-state index in [9.17, 15) is 0 Å². The van der Waals surface area contributed by atoms with Crippen LogP contribution in [0.3, 0.4) is 0 Å². The van der Waals surface area contributed by atoms with Crippen LogP contribution in [0.2, 0.25) is 0 Å². The van der Waals surface area contributed by atoms with Gasteiger partial charge in [-0.2, -0.15) is 0 Å². The summed E-state index contributed by atoms with van der Waals surface area (Å²) in [5.41, 5.74) is 1.92. The van der Waals surface area contributed by atoms with E-state index >= 15 is 0 Å². The van der Waals surface area contributed by atoms with E-state index in [2.05, 4.69) is 22.1 Å². The number of H-pyrrole nitrogens is 1. The summed E-state index contributed by atoms with van der Waals surface area (Å²) in [6.07, 6.45) is 5.08. The number of aromatic nitrogens is 2. The summed E-state index contributed by atoms with van der Waals surface area (Å²) in [4.78, 5) is 6.42. The summed E-state index contributed by atoms with van der Waals surface area (Å²) in [5.74, 6) is 0. The first-order valence-corrected chi connectivity index (χ1v) is 5.74. The Hall–Kier alpha value is -2.55. The summed E-state index contributed by atoms with van der Waals surface area (Å²) in [6.45, 7) is 0. The minimum atomic E-state index is 0.962. The van der Waals surface area contributed by atoms with Gasteiger partial charge in [-0.3, -0.25) is 0 Å². The predicted molar refractivity (Wildman–Crippen MR) is 72.3 cm³/mol. The molecule has 0 aliphatic rings. The topological polar surface area (TPSA) is 41.8 Å². The Labute approximate surface area is 104 Å². The third kappa shape index (κ3) is 1.98. The molecule has 88 valence electrons. The van der Waals surface area contributed by atoms with Gasteiger partial charge in [-0.05, 0) is 12.1 Å². The summed E-state index contributed by atoms with van der Waals surface area (Å²) < 4.78 is 5.65. The molecule has 0 bridgehead atoms. The number of nitrogens with one attached hydrogen (secondary N) is 1. The van der Waals surface area contributed by atoms with Crippen LogP contribution in [-0.4, -0.2) is 9.97 Å². The maximum atomic E-state index is 5.65. The molecule has 0 aliphatic heterocycles. The molecule has 3 heteroatoms. The molecule has 4 rings (SSSR count). The minimum Gasteiger partial charge on any atom is -0.456 e. The normalized spacial score (nSPS) is 10.2. The lowest BCUT2D eigenvalue weighted by Gasteiger charge is -1.85. The summed E-state index contributed by atoms with van der Waals surface area (Å²) >= 11 is 0. The summed E-state index contributed by atoms with van der Waals surface area (Å²) in [7, 11) is 0. The zero-order valence-electron chi connectivity index (χ0n) is 9.71. The monoisotopic (exact) mass is 236 g/mol. The number of furan rings is 1. The average Bonchev–Trinajstić information content (AvgIpc) is 3.10. The van der Waals surface area contributed by atoms with Crippen molar-refractivity contribution in [1.82, 2.24) is 9.97 Å². The fourth-order valence-corrected chi connectivity index (χ4v) is 1.89. The van der Waals surface area contributed by atoms with Crippen LogP contribution < -0.4 is 0 Å². The zero-order valence-corrected chi connectivity index (χ0v) is 9.71. The smallest absolute Gasteiger partial charge is 0.135 e. The second-order valence-electron chi connectivity index (χ2n) is 3.85. The van der Waals surface area contributed by atoms with Crippen molar-refractivity contribution in [3.05, 3.63) is 67.3 Å². The molecule has 0 spiro atoms. The van der Waals surface area contributed by atoms with Gasteiger partial charge >= 0.3 is 0 Å². The lowest BCUT2D eigenvalue weighted by molar-refractivity contribution is 0.669. The third-order valence-electron chi connectivity index (χ3n) is 2.69. The van der Waals surface area contributed by atoms with Gasteiger partial charge in [0.2, 0.25) is 0 Å². The molecule has 0 aliphatic carbocycles. The Morgan fingerprint density at radius 2 is 1.44 bits per heavy atom. The molecule has 0 saturated carbocycles. The highest BCUT2D eigenvalue weighted by Gasteiger charge is 2.03. The van der Waals surface area contributed by atoms with Crippen LogP contribution in [0.5, 0.6) is 0 Å². The molecule has 2 aromatic carbocycles. The van der Waals surface area contributed by atoms with Gasteiger partial charge in [0.15, 0.2) is 0 Å². The van der Waals surface area contributed by atoms with Gasteiger partial charge in [-0.15, -0.1) is 0 Å². The molecule has 0 fully saturated rings. The quantitative estimate of drug-likeness (QED) is 0.501. The first-order valence-electron chi connectivity index (χ1n) is 5.74. The van der Waals surface area contributed by atoms with Crippen molar-refractivity contribution >= 4 is 21.9 Å². The fourth-order valence-electron chi connectivity index (χ4n) is 1.89. The minimum absolute atomic E-state index is 0.962. The van der Waals surface area contributed by atoms with Crippen LogP contribution in [0.15, 0.2) is 71.7 Å². The number of nitrogens with zero attached hydrogens (tertiary/aromatic N) is 1. The van der Waals surface area contributed by atoms with E-state index < -0.39 is 0 Å². The number of fused-ring (bicyclic) bond motifs is 3. The van der Waals surface area contributed by atoms with E-state index in [-0.39, 0.29) is 0 Å². The number of rotatable bonds is 0. The second-order valence-corrected chi connectivity index (χ2v) is 3.85. The Balaban J connectivity index is 0.000000169. The molecule has 2 aromatic heterocycles. The molecule has 0 saturated heterocycles. The van der Waals surface area contributed by atoms with Gasteiger partial charge < -0.3 is 9.40 Å². The number of hydrogen-bond acceptors (Lipinski definition) is 2. The second kappa shape index (κ2) is 4.75. The van der Waals surface area contributed by atoms with Gasteiger partial charge in [0.1, 0.15) is 11.2 Å². The average molecular weight is 236 g/mol. The summed E-state index contributed by atoms with van der Waals surface area (Å²) in [5, 5.41) is 2.39. The van der Waals surface area contributed by atoms with Crippen LogP contribution in [0, 0.1) is 0 Å². The van der Waals surface area contributed by atoms with Crippen LogP contribution in [0.25, 0.3) is 21.9 Å². The van der Waals surface area contributed by atoms with Crippen molar-refractivity contribution in [2.75, 3.05) is 0 Å². The lowest BCUT2D eigenvalue weighted by atomic mass is 10.2. The molecule has 0 atom stereocenters. The van der Waals surface area contributed by atoms with Crippen molar-refractivity contribution in [2.45, 2.75) is 0 Å². The Morgan fingerprint density at radius 3 is 1.89 bits per heavy atom. The van der Waals surface area contributed by atoms with Crippen molar-refractivity contribution in [3.63, 3.8) is 0 Å².